The van der Waals surface area contributed by atoms with E-state index in [0.717, 1.165) is 34.2 Å². The number of nitrogens with zero attached hydrogens (tertiary/aromatic N) is 3. The Hall–Kier alpha value is -4.91. The number of rotatable bonds is 6. The molecular formula is C27H20N4O3. The zero-order chi connectivity index (χ0) is 23.5. The van der Waals surface area contributed by atoms with Gasteiger partial charge in [-0.2, -0.15) is 5.10 Å². The minimum Gasteiger partial charge on any atom is -0.478 e. The summed E-state index contributed by atoms with van der Waals surface area (Å²) < 4.78 is 7.63. The minimum atomic E-state index is -1.05. The third-order valence-electron chi connectivity index (χ3n) is 5.35. The van der Waals surface area contributed by atoms with E-state index in [1.807, 2.05) is 84.9 Å². The van der Waals surface area contributed by atoms with Gasteiger partial charge in [0.1, 0.15) is 23.3 Å². The predicted molar refractivity (Wildman–Crippen MR) is 131 cm³/mol. The fraction of sp³-hybridized carbons (Fsp3) is 0. The van der Waals surface area contributed by atoms with Crippen molar-refractivity contribution in [2.75, 3.05) is 5.73 Å². The van der Waals surface area contributed by atoms with Crippen LogP contribution in [-0.2, 0) is 4.79 Å². The summed E-state index contributed by atoms with van der Waals surface area (Å²) >= 11 is 0. The van der Waals surface area contributed by atoms with E-state index in [0.29, 0.717) is 22.6 Å². The van der Waals surface area contributed by atoms with Crippen LogP contribution < -0.4 is 10.5 Å². The second-order valence-corrected chi connectivity index (χ2v) is 7.52. The molecular weight excluding hydrogens is 428 g/mol. The Balaban J connectivity index is 1.71. The van der Waals surface area contributed by atoms with Crippen LogP contribution in [0.4, 0.5) is 5.82 Å². The van der Waals surface area contributed by atoms with Gasteiger partial charge in [0.05, 0.1) is 5.69 Å². The number of ether oxygens (including phenoxy) is 1. The smallest absolute Gasteiger partial charge is 0.328 e. The molecule has 0 fully saturated rings. The molecule has 5 rings (SSSR count). The molecule has 0 saturated carbocycles. The molecule has 0 aliphatic rings. The highest BCUT2D eigenvalue weighted by molar-refractivity contribution is 6.01. The number of carboxylic acids is 1. The summed E-state index contributed by atoms with van der Waals surface area (Å²) in [6, 6.07) is 26.7. The molecule has 2 heterocycles. The van der Waals surface area contributed by atoms with Crippen LogP contribution in [0.2, 0.25) is 0 Å². The Kier molecular flexibility index (Phi) is 5.50. The quantitative estimate of drug-likeness (QED) is 0.331. The summed E-state index contributed by atoms with van der Waals surface area (Å²) in [5, 5.41) is 13.8. The summed E-state index contributed by atoms with van der Waals surface area (Å²) in [6.45, 7) is 0. The van der Waals surface area contributed by atoms with Crippen molar-refractivity contribution in [2.24, 2.45) is 0 Å². The average molecular weight is 448 g/mol. The fourth-order valence-electron chi connectivity index (χ4n) is 3.93. The minimum absolute atomic E-state index is 0.293. The van der Waals surface area contributed by atoms with Crippen molar-refractivity contribution < 1.29 is 14.6 Å². The van der Waals surface area contributed by atoms with Crippen LogP contribution in [0.15, 0.2) is 97.3 Å². The number of nitrogens with two attached hydrogens (primary N) is 1. The molecule has 7 heteroatoms. The lowest BCUT2D eigenvalue weighted by Crippen LogP contribution is -2.00. The van der Waals surface area contributed by atoms with Gasteiger partial charge < -0.3 is 15.6 Å². The Morgan fingerprint density at radius 2 is 1.53 bits per heavy atom. The maximum Gasteiger partial charge on any atom is 0.328 e. The van der Waals surface area contributed by atoms with E-state index in [1.165, 1.54) is 6.33 Å². The van der Waals surface area contributed by atoms with E-state index in [9.17, 15) is 9.90 Å². The number of anilines is 1. The van der Waals surface area contributed by atoms with Gasteiger partial charge in [-0.05, 0) is 35.9 Å². The maximum atomic E-state index is 11.4. The van der Waals surface area contributed by atoms with E-state index >= 15 is 0 Å². The van der Waals surface area contributed by atoms with Gasteiger partial charge in [-0.25, -0.2) is 14.3 Å². The second kappa shape index (κ2) is 8.91. The van der Waals surface area contributed by atoms with Crippen LogP contribution in [0.3, 0.4) is 0 Å². The van der Waals surface area contributed by atoms with E-state index < -0.39 is 5.97 Å². The normalized spacial score (nSPS) is 11.2. The first-order valence-corrected chi connectivity index (χ1v) is 10.6. The molecule has 0 radical (unpaired) electrons. The third-order valence-corrected chi connectivity index (χ3v) is 5.35. The molecule has 3 aromatic carbocycles. The summed E-state index contributed by atoms with van der Waals surface area (Å²) in [6.07, 6.45) is 4.07. The van der Waals surface area contributed by atoms with Crippen LogP contribution >= 0.6 is 0 Å². The van der Waals surface area contributed by atoms with Crippen LogP contribution in [-0.4, -0.2) is 25.7 Å². The predicted octanol–water partition coefficient (Wildman–Crippen LogP) is 5.54. The molecule has 166 valence electrons. The highest BCUT2D eigenvalue weighted by Crippen LogP contribution is 2.41. The first kappa shape index (κ1) is 21.0. The number of hydrogen-bond acceptors (Lipinski definition) is 5. The molecule has 7 nitrogen and oxygen atoms in total. The number of para-hydroxylation sites is 1. The first-order valence-electron chi connectivity index (χ1n) is 10.6. The summed E-state index contributed by atoms with van der Waals surface area (Å²) in [4.78, 5) is 15.6. The number of hydrogen-bond donors (Lipinski definition) is 2. The molecule has 0 unspecified atom stereocenters. The number of nitrogen functional groups attached to an aromatic ring is 1. The van der Waals surface area contributed by atoms with Crippen molar-refractivity contribution in [1.29, 1.82) is 0 Å². The van der Waals surface area contributed by atoms with Gasteiger partial charge in [0.15, 0.2) is 5.82 Å². The van der Waals surface area contributed by atoms with Gasteiger partial charge in [-0.3, -0.25) is 0 Å². The number of carboxylic acid groups (broad SMARTS) is 1. The van der Waals surface area contributed by atoms with Crippen molar-refractivity contribution >= 4 is 23.4 Å². The van der Waals surface area contributed by atoms with Crippen LogP contribution in [0.1, 0.15) is 5.56 Å². The largest absolute Gasteiger partial charge is 0.478 e. The number of aliphatic carboxylic acids is 1. The van der Waals surface area contributed by atoms with Gasteiger partial charge in [-0.1, -0.05) is 60.7 Å². The lowest BCUT2D eigenvalue weighted by molar-refractivity contribution is -0.131. The Labute approximate surface area is 195 Å². The zero-order valence-electron chi connectivity index (χ0n) is 18.0. The third kappa shape index (κ3) is 3.98. The summed E-state index contributed by atoms with van der Waals surface area (Å²) in [5.41, 5.74) is 10.7. The van der Waals surface area contributed by atoms with Crippen LogP contribution in [0.25, 0.3) is 34.0 Å². The molecule has 0 aliphatic heterocycles. The molecule has 0 amide bonds. The van der Waals surface area contributed by atoms with Gasteiger partial charge in [0, 0.05) is 22.8 Å². The van der Waals surface area contributed by atoms with Gasteiger partial charge in [0.2, 0.25) is 0 Å². The Morgan fingerprint density at radius 3 is 2.21 bits per heavy atom. The van der Waals surface area contributed by atoms with Crippen LogP contribution in [0.5, 0.6) is 11.5 Å². The van der Waals surface area contributed by atoms with Crippen molar-refractivity contribution in [2.45, 2.75) is 0 Å². The van der Waals surface area contributed by atoms with Crippen LogP contribution in [0, 0.1) is 0 Å². The topological polar surface area (TPSA) is 103 Å². The van der Waals surface area contributed by atoms with E-state index in [-0.39, 0.29) is 0 Å². The lowest BCUT2D eigenvalue weighted by Gasteiger charge is -2.08. The number of fused-ring (bicyclic) bond motifs is 1. The standard InChI is InChI=1S/C27H20N4O3/c28-27-26-24(18-11-13-21(14-12-18)34-20-9-5-2-6-10-20)22(15-16-23(32)33)25(31(26)30-17-29-27)19-7-3-1-4-8-19/h1-17H,(H,32,33)(H2,28,29,30). The zero-order valence-corrected chi connectivity index (χ0v) is 18.0. The molecule has 0 spiro atoms. The van der Waals surface area contributed by atoms with Gasteiger partial charge in [0.25, 0.3) is 0 Å². The highest BCUT2D eigenvalue weighted by Gasteiger charge is 2.22. The molecule has 0 aliphatic carbocycles. The van der Waals surface area contributed by atoms with Crippen molar-refractivity contribution in [3.63, 3.8) is 0 Å². The van der Waals surface area contributed by atoms with E-state index in [4.69, 9.17) is 10.5 Å². The van der Waals surface area contributed by atoms with Crippen molar-refractivity contribution in [3.05, 3.63) is 103 Å². The second-order valence-electron chi connectivity index (χ2n) is 7.52. The van der Waals surface area contributed by atoms with Gasteiger partial charge in [-0.15, -0.1) is 0 Å². The maximum absolute atomic E-state index is 11.4. The molecule has 5 aromatic rings. The lowest BCUT2D eigenvalue weighted by atomic mass is 9.98. The molecule has 3 N–H and O–H groups in total. The van der Waals surface area contributed by atoms with E-state index in [2.05, 4.69) is 10.1 Å². The molecule has 2 aromatic heterocycles. The van der Waals surface area contributed by atoms with Gasteiger partial charge >= 0.3 is 5.97 Å². The SMILES string of the molecule is Nc1ncnn2c(-c3ccccc3)c(C=CC(=O)O)c(-c3ccc(Oc4ccccc4)cc3)c12. The first-order chi connectivity index (χ1) is 16.6. The van der Waals surface area contributed by atoms with Crippen molar-refractivity contribution in [1.82, 2.24) is 14.6 Å². The summed E-state index contributed by atoms with van der Waals surface area (Å²) in [5.74, 6) is 0.653. The number of benzene rings is 3. The molecule has 0 bridgehead atoms. The Bertz CT molecular complexity index is 1490. The fourth-order valence-corrected chi connectivity index (χ4v) is 3.93. The van der Waals surface area contributed by atoms with Crippen molar-refractivity contribution in [3.8, 4) is 33.9 Å². The number of aromatic nitrogens is 3. The summed E-state index contributed by atoms with van der Waals surface area (Å²) in [7, 11) is 0. The Morgan fingerprint density at radius 1 is 0.882 bits per heavy atom. The molecule has 0 saturated heterocycles. The monoisotopic (exact) mass is 448 g/mol. The molecule has 0 atom stereocenters. The average Bonchev–Trinajstić information content (AvgIpc) is 3.20. The van der Waals surface area contributed by atoms with E-state index in [1.54, 1.807) is 10.6 Å². The highest BCUT2D eigenvalue weighted by atomic mass is 16.5. The number of carbonyl (C=O) groups is 1. The molecule has 34 heavy (non-hydrogen) atoms.